The van der Waals surface area contributed by atoms with Crippen molar-refractivity contribution in [1.82, 2.24) is 9.88 Å². The smallest absolute Gasteiger partial charge is 0.208 e. The fourth-order valence-electron chi connectivity index (χ4n) is 2.41. The number of sulfone groups is 1. The lowest BCUT2D eigenvalue weighted by Gasteiger charge is -2.11. The molecule has 0 aliphatic heterocycles. The zero-order chi connectivity index (χ0) is 17.9. The molecule has 3 aromatic rings. The van der Waals surface area contributed by atoms with E-state index in [1.54, 1.807) is 36.4 Å². The zero-order valence-electron chi connectivity index (χ0n) is 14.2. The number of pyridine rings is 1. The number of benzene rings is 2. The first-order valence-corrected chi connectivity index (χ1v) is 9.42. The Kier molecular flexibility index (Phi) is 5.01. The number of rotatable bonds is 6. The number of fused-ring (bicyclic) bond motifs is 1. The number of hydrogen-bond donors (Lipinski definition) is 0. The molecule has 0 atom stereocenters. The Morgan fingerprint density at radius 1 is 1.00 bits per heavy atom. The summed E-state index contributed by atoms with van der Waals surface area (Å²) in [6.07, 6.45) is 1.40. The van der Waals surface area contributed by atoms with Gasteiger partial charge in [-0.05, 0) is 50.5 Å². The van der Waals surface area contributed by atoms with Crippen LogP contribution in [0.4, 0.5) is 0 Å². The van der Waals surface area contributed by atoms with Crippen LogP contribution < -0.4 is 4.74 Å². The summed E-state index contributed by atoms with van der Waals surface area (Å²) < 4.78 is 31.2. The summed E-state index contributed by atoms with van der Waals surface area (Å²) in [4.78, 5) is 6.75. The predicted octanol–water partition coefficient (Wildman–Crippen LogP) is 3.01. The van der Waals surface area contributed by atoms with Crippen molar-refractivity contribution in [3.05, 3.63) is 60.8 Å². The van der Waals surface area contributed by atoms with Crippen LogP contribution in [-0.2, 0) is 9.84 Å². The predicted molar refractivity (Wildman–Crippen MR) is 97.7 cm³/mol. The summed E-state index contributed by atoms with van der Waals surface area (Å²) in [5.74, 6) is 0.699. The molecule has 0 fully saturated rings. The first-order chi connectivity index (χ1) is 12.0. The topological polar surface area (TPSA) is 59.5 Å². The molecule has 5 nitrogen and oxygen atoms in total. The van der Waals surface area contributed by atoms with Crippen molar-refractivity contribution >= 4 is 20.7 Å². The number of nitrogens with zero attached hydrogens (tertiary/aromatic N) is 2. The van der Waals surface area contributed by atoms with E-state index in [0.29, 0.717) is 12.4 Å². The van der Waals surface area contributed by atoms with E-state index in [4.69, 9.17) is 4.74 Å². The van der Waals surface area contributed by atoms with Gasteiger partial charge < -0.3 is 9.64 Å². The summed E-state index contributed by atoms with van der Waals surface area (Å²) in [7, 11) is 0.380. The molecule has 2 aromatic carbocycles. The molecule has 0 aliphatic carbocycles. The Morgan fingerprint density at radius 3 is 2.48 bits per heavy atom. The molecule has 0 saturated heterocycles. The van der Waals surface area contributed by atoms with Crippen molar-refractivity contribution in [1.29, 1.82) is 0 Å². The van der Waals surface area contributed by atoms with Crippen molar-refractivity contribution < 1.29 is 13.2 Å². The maximum absolute atomic E-state index is 12.7. The third kappa shape index (κ3) is 3.97. The van der Waals surface area contributed by atoms with Crippen LogP contribution in [0.25, 0.3) is 10.9 Å². The van der Waals surface area contributed by atoms with Gasteiger partial charge in [0.15, 0.2) is 0 Å². The summed E-state index contributed by atoms with van der Waals surface area (Å²) in [5, 5.41) is 0.736. The first kappa shape index (κ1) is 17.4. The lowest BCUT2D eigenvalue weighted by atomic mass is 10.2. The molecule has 0 aliphatic rings. The van der Waals surface area contributed by atoms with Gasteiger partial charge in [-0.25, -0.2) is 8.42 Å². The fourth-order valence-corrected chi connectivity index (χ4v) is 3.67. The van der Waals surface area contributed by atoms with Gasteiger partial charge in [0, 0.05) is 18.1 Å². The molecule has 0 unspecified atom stereocenters. The van der Waals surface area contributed by atoms with Gasteiger partial charge in [0.1, 0.15) is 12.4 Å². The van der Waals surface area contributed by atoms with Crippen LogP contribution in [0.5, 0.6) is 5.75 Å². The van der Waals surface area contributed by atoms with Crippen molar-refractivity contribution in [3.63, 3.8) is 0 Å². The van der Waals surface area contributed by atoms with E-state index < -0.39 is 9.84 Å². The first-order valence-electron chi connectivity index (χ1n) is 7.94. The zero-order valence-corrected chi connectivity index (χ0v) is 15.0. The SMILES string of the molecule is CN(C)CCOc1ccc2ncc(S(=O)(=O)c3ccccc3)cc2c1. The molecule has 3 rings (SSSR count). The van der Waals surface area contributed by atoms with E-state index >= 15 is 0 Å². The monoisotopic (exact) mass is 356 g/mol. The average Bonchev–Trinajstić information content (AvgIpc) is 2.61. The molecule has 0 spiro atoms. The van der Waals surface area contributed by atoms with Gasteiger partial charge in [-0.1, -0.05) is 18.2 Å². The molecule has 0 bridgehead atoms. The minimum Gasteiger partial charge on any atom is -0.492 e. The van der Waals surface area contributed by atoms with E-state index in [9.17, 15) is 8.42 Å². The van der Waals surface area contributed by atoms with Gasteiger partial charge in [-0.3, -0.25) is 4.98 Å². The second-order valence-corrected chi connectivity index (χ2v) is 7.94. The molecule has 1 aromatic heterocycles. The Bertz CT molecular complexity index is 970. The summed E-state index contributed by atoms with van der Waals surface area (Å²) in [5.41, 5.74) is 0.729. The number of aromatic nitrogens is 1. The van der Waals surface area contributed by atoms with E-state index in [-0.39, 0.29) is 9.79 Å². The molecule has 6 heteroatoms. The molecule has 0 N–H and O–H groups in total. The molecule has 130 valence electrons. The van der Waals surface area contributed by atoms with Crippen LogP contribution in [0.1, 0.15) is 0 Å². The molecule has 0 amide bonds. The van der Waals surface area contributed by atoms with E-state index in [0.717, 1.165) is 17.4 Å². The fraction of sp³-hybridized carbons (Fsp3) is 0.211. The Hall–Kier alpha value is -2.44. The minimum absolute atomic E-state index is 0.177. The number of likely N-dealkylation sites (N-methyl/N-ethyl adjacent to an activating group) is 1. The second-order valence-electron chi connectivity index (χ2n) is 5.99. The highest BCUT2D eigenvalue weighted by Gasteiger charge is 2.18. The number of hydrogen-bond acceptors (Lipinski definition) is 5. The van der Waals surface area contributed by atoms with Gasteiger partial charge in [-0.2, -0.15) is 0 Å². The van der Waals surface area contributed by atoms with E-state index in [1.165, 1.54) is 6.20 Å². The van der Waals surface area contributed by atoms with Crippen LogP contribution in [0.3, 0.4) is 0 Å². The van der Waals surface area contributed by atoms with Crippen molar-refractivity contribution in [2.24, 2.45) is 0 Å². The maximum atomic E-state index is 12.7. The van der Waals surface area contributed by atoms with Crippen LogP contribution >= 0.6 is 0 Å². The van der Waals surface area contributed by atoms with Gasteiger partial charge in [0.2, 0.25) is 9.84 Å². The molecule has 25 heavy (non-hydrogen) atoms. The van der Waals surface area contributed by atoms with Gasteiger partial charge in [0.25, 0.3) is 0 Å². The van der Waals surface area contributed by atoms with Crippen molar-refractivity contribution in [2.75, 3.05) is 27.2 Å². The third-order valence-electron chi connectivity index (χ3n) is 3.80. The van der Waals surface area contributed by atoms with Crippen LogP contribution in [-0.4, -0.2) is 45.5 Å². The lowest BCUT2D eigenvalue weighted by Crippen LogP contribution is -2.19. The molecule has 0 radical (unpaired) electrons. The summed E-state index contributed by atoms with van der Waals surface area (Å²) in [6, 6.07) is 15.5. The van der Waals surface area contributed by atoms with Gasteiger partial charge in [0.05, 0.1) is 15.3 Å². The highest BCUT2D eigenvalue weighted by molar-refractivity contribution is 7.91. The van der Waals surface area contributed by atoms with E-state index in [2.05, 4.69) is 4.98 Å². The van der Waals surface area contributed by atoms with Gasteiger partial charge in [-0.15, -0.1) is 0 Å². The Balaban J connectivity index is 1.93. The molecule has 0 saturated carbocycles. The molecular formula is C19H20N2O3S. The van der Waals surface area contributed by atoms with Gasteiger partial charge >= 0.3 is 0 Å². The van der Waals surface area contributed by atoms with Crippen molar-refractivity contribution in [2.45, 2.75) is 9.79 Å². The van der Waals surface area contributed by atoms with Crippen LogP contribution in [0.2, 0.25) is 0 Å². The van der Waals surface area contributed by atoms with Crippen LogP contribution in [0.15, 0.2) is 70.6 Å². The average molecular weight is 356 g/mol. The molecular weight excluding hydrogens is 336 g/mol. The third-order valence-corrected chi connectivity index (χ3v) is 5.54. The largest absolute Gasteiger partial charge is 0.492 e. The Labute approximate surface area is 147 Å². The molecule has 1 heterocycles. The highest BCUT2D eigenvalue weighted by atomic mass is 32.2. The second kappa shape index (κ2) is 7.21. The Morgan fingerprint density at radius 2 is 1.76 bits per heavy atom. The standard InChI is InChI=1S/C19H20N2O3S/c1-21(2)10-11-24-16-8-9-19-15(12-16)13-18(14-20-19)25(22,23)17-6-4-3-5-7-17/h3-9,12-14H,10-11H2,1-2H3. The quantitative estimate of drug-likeness (QED) is 0.679. The summed E-state index contributed by atoms with van der Waals surface area (Å²) in [6.45, 7) is 1.37. The maximum Gasteiger partial charge on any atom is 0.208 e. The highest BCUT2D eigenvalue weighted by Crippen LogP contribution is 2.25. The lowest BCUT2D eigenvalue weighted by molar-refractivity contribution is 0.261. The summed E-state index contributed by atoms with van der Waals surface area (Å²) >= 11 is 0. The van der Waals surface area contributed by atoms with Crippen LogP contribution in [0, 0.1) is 0 Å². The van der Waals surface area contributed by atoms with Crippen molar-refractivity contribution in [3.8, 4) is 5.75 Å². The normalized spacial score (nSPS) is 11.8. The minimum atomic E-state index is -3.58. The number of ether oxygens (including phenoxy) is 1. The van der Waals surface area contributed by atoms with E-state index in [1.807, 2.05) is 37.2 Å².